The summed E-state index contributed by atoms with van der Waals surface area (Å²) in [6.07, 6.45) is 1.17. The maximum atomic E-state index is 6.44. The van der Waals surface area contributed by atoms with E-state index in [2.05, 4.69) is 63.9 Å². The van der Waals surface area contributed by atoms with Crippen molar-refractivity contribution in [3.8, 4) is 0 Å². The van der Waals surface area contributed by atoms with Crippen molar-refractivity contribution in [1.29, 1.82) is 0 Å². The van der Waals surface area contributed by atoms with Crippen LogP contribution in [0, 0.1) is 5.41 Å². The molecule has 0 bridgehead atoms. The third-order valence-electron chi connectivity index (χ3n) is 4.00. The Bertz CT molecular complexity index is 345. The summed E-state index contributed by atoms with van der Waals surface area (Å²) in [6, 6.07) is 11.1. The quantitative estimate of drug-likeness (QED) is 0.835. The van der Waals surface area contributed by atoms with Gasteiger partial charge in [-0.3, -0.25) is 0 Å². The summed E-state index contributed by atoms with van der Waals surface area (Å²) in [5.74, 6) is 0. The van der Waals surface area contributed by atoms with Crippen LogP contribution in [0.25, 0.3) is 0 Å². The van der Waals surface area contributed by atoms with Crippen molar-refractivity contribution < 1.29 is 0 Å². The van der Waals surface area contributed by atoms with Crippen LogP contribution in [0.5, 0.6) is 0 Å². The molecule has 18 heavy (non-hydrogen) atoms. The molecule has 0 saturated heterocycles. The van der Waals surface area contributed by atoms with Crippen LogP contribution in [0.15, 0.2) is 30.3 Å². The highest BCUT2D eigenvalue weighted by Crippen LogP contribution is 2.32. The average molecular weight is 248 g/mol. The number of hydrogen-bond donors (Lipinski definition) is 1. The zero-order chi connectivity index (χ0) is 13.8. The van der Waals surface area contributed by atoms with Crippen LogP contribution in [-0.4, -0.2) is 24.5 Å². The van der Waals surface area contributed by atoms with Gasteiger partial charge in [0.1, 0.15) is 0 Å². The van der Waals surface area contributed by atoms with E-state index in [0.29, 0.717) is 6.04 Å². The largest absolute Gasteiger partial charge is 0.323 e. The number of nitrogens with zero attached hydrogens (tertiary/aromatic N) is 1. The van der Waals surface area contributed by atoms with Gasteiger partial charge in [0.2, 0.25) is 0 Å². The summed E-state index contributed by atoms with van der Waals surface area (Å²) >= 11 is 0. The van der Waals surface area contributed by atoms with Crippen molar-refractivity contribution in [3.63, 3.8) is 0 Å². The number of hydrogen-bond acceptors (Lipinski definition) is 2. The summed E-state index contributed by atoms with van der Waals surface area (Å²) in [7, 11) is 2.19. The molecule has 2 N–H and O–H groups in total. The first-order valence-corrected chi connectivity index (χ1v) is 6.89. The van der Waals surface area contributed by atoms with Gasteiger partial charge in [0.05, 0.1) is 0 Å². The molecule has 2 nitrogen and oxygen atoms in total. The fraction of sp³-hybridized carbons (Fsp3) is 0.625. The molecule has 1 rings (SSSR count). The van der Waals surface area contributed by atoms with E-state index in [1.165, 1.54) is 12.0 Å². The van der Waals surface area contributed by atoms with E-state index in [1.807, 2.05) is 6.07 Å². The van der Waals surface area contributed by atoms with Gasteiger partial charge in [-0.2, -0.15) is 0 Å². The van der Waals surface area contributed by atoms with Gasteiger partial charge in [0.15, 0.2) is 0 Å². The molecule has 0 aliphatic carbocycles. The maximum Gasteiger partial charge on any atom is 0.0359 e. The third-order valence-corrected chi connectivity index (χ3v) is 4.00. The van der Waals surface area contributed by atoms with E-state index < -0.39 is 0 Å². The van der Waals surface area contributed by atoms with Crippen LogP contribution in [-0.2, 0) is 0 Å². The summed E-state index contributed by atoms with van der Waals surface area (Å²) in [4.78, 5) is 2.41. The molecular weight excluding hydrogens is 220 g/mol. The molecule has 1 aromatic rings. The number of benzene rings is 1. The van der Waals surface area contributed by atoms with Crippen molar-refractivity contribution in [2.45, 2.75) is 46.2 Å². The van der Waals surface area contributed by atoms with E-state index in [-0.39, 0.29) is 11.5 Å². The minimum Gasteiger partial charge on any atom is -0.323 e. The Morgan fingerprint density at radius 2 is 1.78 bits per heavy atom. The predicted molar refractivity (Wildman–Crippen MR) is 79.5 cm³/mol. The Balaban J connectivity index is 2.74. The highest BCUT2D eigenvalue weighted by molar-refractivity contribution is 5.20. The smallest absolute Gasteiger partial charge is 0.0359 e. The summed E-state index contributed by atoms with van der Waals surface area (Å²) in [6.45, 7) is 10.0. The second-order valence-corrected chi connectivity index (χ2v) is 6.05. The summed E-state index contributed by atoms with van der Waals surface area (Å²) in [5.41, 5.74) is 7.73. The molecule has 0 spiro atoms. The van der Waals surface area contributed by atoms with Crippen LogP contribution in [0.3, 0.4) is 0 Å². The third kappa shape index (κ3) is 3.82. The Morgan fingerprint density at radius 1 is 1.22 bits per heavy atom. The van der Waals surface area contributed by atoms with Gasteiger partial charge in [-0.25, -0.2) is 0 Å². The molecule has 2 unspecified atom stereocenters. The fourth-order valence-corrected chi connectivity index (χ4v) is 2.32. The lowest BCUT2D eigenvalue weighted by Gasteiger charge is -2.37. The molecule has 2 heteroatoms. The zero-order valence-electron chi connectivity index (χ0n) is 12.5. The molecule has 0 fully saturated rings. The van der Waals surface area contributed by atoms with E-state index in [4.69, 9.17) is 5.73 Å². The molecule has 102 valence electrons. The Labute approximate surface area is 112 Å². The minimum absolute atomic E-state index is 0.0690. The maximum absolute atomic E-state index is 6.44. The highest BCUT2D eigenvalue weighted by Gasteiger charge is 2.29. The monoisotopic (exact) mass is 248 g/mol. The Hall–Kier alpha value is -0.860. The van der Waals surface area contributed by atoms with Crippen molar-refractivity contribution >= 4 is 0 Å². The standard InChI is InChI=1S/C16H28N2/c1-6-13(2)18(5)12-16(3,4)15(17)14-10-8-7-9-11-14/h7-11,13,15H,6,12,17H2,1-5H3. The summed E-state index contributed by atoms with van der Waals surface area (Å²) < 4.78 is 0. The van der Waals surface area contributed by atoms with E-state index in [9.17, 15) is 0 Å². The first-order chi connectivity index (χ1) is 8.38. The predicted octanol–water partition coefficient (Wildman–Crippen LogP) is 3.44. The molecule has 0 heterocycles. The van der Waals surface area contributed by atoms with Gasteiger partial charge in [-0.15, -0.1) is 0 Å². The van der Waals surface area contributed by atoms with Gasteiger partial charge in [-0.1, -0.05) is 51.1 Å². The summed E-state index contributed by atoms with van der Waals surface area (Å²) in [5, 5.41) is 0. The van der Waals surface area contributed by atoms with E-state index >= 15 is 0 Å². The molecule has 0 amide bonds. The van der Waals surface area contributed by atoms with Crippen molar-refractivity contribution in [2.75, 3.05) is 13.6 Å². The van der Waals surface area contributed by atoms with Gasteiger partial charge in [0, 0.05) is 18.6 Å². The van der Waals surface area contributed by atoms with Gasteiger partial charge >= 0.3 is 0 Å². The number of nitrogens with two attached hydrogens (primary N) is 1. The highest BCUT2D eigenvalue weighted by atomic mass is 15.1. The molecule has 0 aliphatic rings. The molecular formula is C16H28N2. The number of rotatable bonds is 6. The molecule has 1 aromatic carbocycles. The SMILES string of the molecule is CCC(C)N(C)CC(C)(C)C(N)c1ccccc1. The first-order valence-electron chi connectivity index (χ1n) is 6.89. The second kappa shape index (κ2) is 6.35. The molecule has 0 saturated carbocycles. The van der Waals surface area contributed by atoms with Crippen molar-refractivity contribution in [3.05, 3.63) is 35.9 Å². The topological polar surface area (TPSA) is 29.3 Å². The lowest BCUT2D eigenvalue weighted by atomic mass is 9.80. The average Bonchev–Trinajstić information content (AvgIpc) is 2.37. The van der Waals surface area contributed by atoms with Gasteiger partial charge in [0.25, 0.3) is 0 Å². The van der Waals surface area contributed by atoms with Gasteiger partial charge < -0.3 is 10.6 Å². The zero-order valence-corrected chi connectivity index (χ0v) is 12.5. The van der Waals surface area contributed by atoms with Crippen molar-refractivity contribution in [2.24, 2.45) is 11.1 Å². The Kier molecular flexibility index (Phi) is 5.36. The first kappa shape index (κ1) is 15.2. The van der Waals surface area contributed by atoms with E-state index in [1.54, 1.807) is 0 Å². The fourth-order valence-electron chi connectivity index (χ4n) is 2.32. The lowest BCUT2D eigenvalue weighted by molar-refractivity contribution is 0.142. The van der Waals surface area contributed by atoms with Crippen LogP contribution in [0.1, 0.15) is 45.7 Å². The molecule has 2 atom stereocenters. The molecule has 0 aromatic heterocycles. The van der Waals surface area contributed by atoms with Crippen LogP contribution >= 0.6 is 0 Å². The van der Waals surface area contributed by atoms with Gasteiger partial charge in [-0.05, 0) is 31.4 Å². The molecule has 0 aliphatic heterocycles. The van der Waals surface area contributed by atoms with Crippen LogP contribution in [0.2, 0.25) is 0 Å². The lowest BCUT2D eigenvalue weighted by Crippen LogP contribution is -2.42. The van der Waals surface area contributed by atoms with E-state index in [0.717, 1.165) is 6.54 Å². The Morgan fingerprint density at radius 3 is 2.28 bits per heavy atom. The normalized spacial score (nSPS) is 15.7. The second-order valence-electron chi connectivity index (χ2n) is 6.05. The van der Waals surface area contributed by atoms with Crippen LogP contribution < -0.4 is 5.73 Å². The van der Waals surface area contributed by atoms with Crippen LogP contribution in [0.4, 0.5) is 0 Å². The minimum atomic E-state index is 0.0690. The molecule has 0 radical (unpaired) electrons. The van der Waals surface area contributed by atoms with Crippen molar-refractivity contribution in [1.82, 2.24) is 4.90 Å².